The molecule has 0 saturated carbocycles. The molecule has 1 fully saturated rings. The zero-order chi connectivity index (χ0) is 12.6. The van der Waals surface area contributed by atoms with E-state index in [-0.39, 0.29) is 11.9 Å². The van der Waals surface area contributed by atoms with Crippen LogP contribution in [0.15, 0.2) is 36.4 Å². The van der Waals surface area contributed by atoms with E-state index in [0.29, 0.717) is 19.6 Å². The fraction of sp³-hybridized carbons (Fsp3) is 0.400. The Labute approximate surface area is 106 Å². The van der Waals surface area contributed by atoms with Gasteiger partial charge in [-0.3, -0.25) is 4.79 Å². The van der Waals surface area contributed by atoms with Gasteiger partial charge in [-0.05, 0) is 24.6 Å². The predicted molar refractivity (Wildman–Crippen MR) is 67.3 cm³/mol. The minimum Gasteiger partial charge on any atom is -0.372 e. The molecule has 0 radical (unpaired) electrons. The molecule has 3 nitrogen and oxygen atoms in total. The molecule has 0 amide bonds. The van der Waals surface area contributed by atoms with Crippen LogP contribution in [0, 0.1) is 6.92 Å². The lowest BCUT2D eigenvalue weighted by Crippen LogP contribution is -2.50. The van der Waals surface area contributed by atoms with E-state index in [1.807, 2.05) is 6.08 Å². The van der Waals surface area contributed by atoms with E-state index < -0.39 is 5.60 Å². The first kappa shape index (κ1) is 11.6. The van der Waals surface area contributed by atoms with E-state index in [2.05, 4.69) is 31.2 Å². The summed E-state index contributed by atoms with van der Waals surface area (Å²) in [6.45, 7) is 3.17. The van der Waals surface area contributed by atoms with E-state index in [9.17, 15) is 4.79 Å². The number of hydrogen-bond acceptors (Lipinski definition) is 3. The van der Waals surface area contributed by atoms with Gasteiger partial charge >= 0.3 is 0 Å². The van der Waals surface area contributed by atoms with Gasteiger partial charge in [0.05, 0.1) is 13.2 Å². The van der Waals surface area contributed by atoms with Crippen LogP contribution in [0.1, 0.15) is 17.5 Å². The second-order valence-corrected chi connectivity index (χ2v) is 4.87. The molecule has 1 saturated heterocycles. The van der Waals surface area contributed by atoms with Crippen molar-refractivity contribution in [3.05, 3.63) is 47.5 Å². The Kier molecular flexibility index (Phi) is 2.80. The van der Waals surface area contributed by atoms with Crippen LogP contribution < -0.4 is 0 Å². The molecule has 94 valence electrons. The molecule has 0 bridgehead atoms. The normalized spacial score (nSPS) is 31.2. The van der Waals surface area contributed by atoms with Gasteiger partial charge in [-0.25, -0.2) is 0 Å². The molecule has 1 aromatic rings. The van der Waals surface area contributed by atoms with E-state index in [1.165, 1.54) is 5.56 Å². The number of hydrogen-bond donors (Lipinski definition) is 0. The van der Waals surface area contributed by atoms with E-state index in [4.69, 9.17) is 9.47 Å². The largest absolute Gasteiger partial charge is 0.372 e. The van der Waals surface area contributed by atoms with Crippen molar-refractivity contribution < 1.29 is 14.3 Å². The van der Waals surface area contributed by atoms with Crippen molar-refractivity contribution in [2.75, 3.05) is 13.2 Å². The molecule has 3 rings (SSSR count). The van der Waals surface area contributed by atoms with Gasteiger partial charge in [-0.2, -0.15) is 0 Å². The number of ether oxygens (including phenoxy) is 2. The highest BCUT2D eigenvalue weighted by Crippen LogP contribution is 2.39. The number of carbonyl (C=O) groups is 1. The molecule has 1 aliphatic carbocycles. The Morgan fingerprint density at radius 1 is 1.22 bits per heavy atom. The molecule has 3 heteroatoms. The van der Waals surface area contributed by atoms with Crippen LogP contribution in [-0.2, 0) is 19.9 Å². The number of ketones is 1. The maximum absolute atomic E-state index is 11.5. The first-order valence-electron chi connectivity index (χ1n) is 6.25. The Morgan fingerprint density at radius 3 is 2.78 bits per heavy atom. The molecule has 2 atom stereocenters. The lowest BCUT2D eigenvalue weighted by molar-refractivity contribution is -0.190. The summed E-state index contributed by atoms with van der Waals surface area (Å²) < 4.78 is 11.7. The quantitative estimate of drug-likeness (QED) is 0.759. The van der Waals surface area contributed by atoms with Crippen molar-refractivity contribution in [2.24, 2.45) is 0 Å². The molecule has 18 heavy (non-hydrogen) atoms. The first-order chi connectivity index (χ1) is 8.71. The number of fused-ring (bicyclic) bond motifs is 1. The van der Waals surface area contributed by atoms with Gasteiger partial charge in [0, 0.05) is 6.42 Å². The van der Waals surface area contributed by atoms with Crippen LogP contribution in [0.25, 0.3) is 0 Å². The topological polar surface area (TPSA) is 35.5 Å². The molecule has 1 heterocycles. The van der Waals surface area contributed by atoms with Crippen molar-refractivity contribution >= 4 is 5.78 Å². The van der Waals surface area contributed by atoms with Crippen molar-refractivity contribution in [3.63, 3.8) is 0 Å². The third kappa shape index (κ3) is 1.80. The summed E-state index contributed by atoms with van der Waals surface area (Å²) in [4.78, 5) is 11.5. The Hall–Kier alpha value is -1.45. The van der Waals surface area contributed by atoms with Gasteiger partial charge in [0.2, 0.25) is 0 Å². The number of benzene rings is 1. The molecule has 0 N–H and O–H groups in total. The van der Waals surface area contributed by atoms with Gasteiger partial charge in [-0.15, -0.1) is 0 Å². The summed E-state index contributed by atoms with van der Waals surface area (Å²) in [5.41, 5.74) is 1.68. The second-order valence-electron chi connectivity index (χ2n) is 4.87. The molecular formula is C15H16O3. The fourth-order valence-corrected chi connectivity index (χ4v) is 2.63. The molecule has 1 aliphatic heterocycles. The summed E-state index contributed by atoms with van der Waals surface area (Å²) in [7, 11) is 0. The summed E-state index contributed by atoms with van der Waals surface area (Å²) in [5.74, 6) is 0.105. The van der Waals surface area contributed by atoms with Gasteiger partial charge in [-0.1, -0.05) is 29.8 Å². The molecule has 0 spiro atoms. The van der Waals surface area contributed by atoms with Crippen LogP contribution in [0.4, 0.5) is 0 Å². The fourth-order valence-electron chi connectivity index (χ4n) is 2.63. The lowest BCUT2D eigenvalue weighted by Gasteiger charge is -2.43. The number of aryl methyl sites for hydroxylation is 1. The van der Waals surface area contributed by atoms with Gasteiger partial charge in [0.15, 0.2) is 5.78 Å². The number of carbonyl (C=O) groups excluding carboxylic acids is 1. The molecule has 0 aromatic heterocycles. The third-order valence-corrected chi connectivity index (χ3v) is 3.63. The van der Waals surface area contributed by atoms with Gasteiger partial charge in [0.25, 0.3) is 0 Å². The lowest BCUT2D eigenvalue weighted by atomic mass is 9.80. The van der Waals surface area contributed by atoms with Gasteiger partial charge in [0.1, 0.15) is 11.7 Å². The average molecular weight is 244 g/mol. The van der Waals surface area contributed by atoms with Crippen molar-refractivity contribution in [2.45, 2.75) is 25.0 Å². The zero-order valence-corrected chi connectivity index (χ0v) is 10.4. The zero-order valence-electron chi connectivity index (χ0n) is 10.4. The van der Waals surface area contributed by atoms with E-state index >= 15 is 0 Å². The summed E-state index contributed by atoms with van der Waals surface area (Å²) >= 11 is 0. The Balaban J connectivity index is 2.06. The van der Waals surface area contributed by atoms with Gasteiger partial charge < -0.3 is 9.47 Å². The van der Waals surface area contributed by atoms with Crippen LogP contribution in [-0.4, -0.2) is 25.1 Å². The summed E-state index contributed by atoms with van der Waals surface area (Å²) in [5, 5.41) is 0. The number of allylic oxidation sites excluding steroid dienone is 1. The van der Waals surface area contributed by atoms with Crippen molar-refractivity contribution in [3.8, 4) is 0 Å². The minimum absolute atomic E-state index is 0.105. The molecular weight excluding hydrogens is 228 g/mol. The monoisotopic (exact) mass is 244 g/mol. The standard InChI is InChI=1S/C15H16O3/c1-11-2-4-12(5-3-11)15-7-6-13(16)10-14(15)17-8-9-18-15/h2-7,14H,8-10H2,1H3/t14-,15-/m0/s1. The minimum atomic E-state index is -0.583. The smallest absolute Gasteiger partial charge is 0.158 e. The maximum atomic E-state index is 11.5. The molecule has 2 aliphatic rings. The van der Waals surface area contributed by atoms with E-state index in [0.717, 1.165) is 5.56 Å². The predicted octanol–water partition coefficient (Wildman–Crippen LogP) is 2.13. The van der Waals surface area contributed by atoms with Crippen LogP contribution >= 0.6 is 0 Å². The highest BCUT2D eigenvalue weighted by atomic mass is 16.6. The molecule has 0 unspecified atom stereocenters. The molecule has 1 aromatic carbocycles. The second kappa shape index (κ2) is 4.34. The van der Waals surface area contributed by atoms with Crippen LogP contribution in [0.2, 0.25) is 0 Å². The van der Waals surface area contributed by atoms with Crippen molar-refractivity contribution in [1.82, 2.24) is 0 Å². The SMILES string of the molecule is Cc1ccc([C@@]23C=CC(=O)C[C@@H]2OCCO3)cc1. The first-order valence-corrected chi connectivity index (χ1v) is 6.25. The average Bonchev–Trinajstić information content (AvgIpc) is 2.39. The summed E-state index contributed by atoms with van der Waals surface area (Å²) in [6.07, 6.45) is 3.66. The van der Waals surface area contributed by atoms with Crippen LogP contribution in [0.3, 0.4) is 0 Å². The summed E-state index contributed by atoms with van der Waals surface area (Å²) in [6, 6.07) is 8.22. The van der Waals surface area contributed by atoms with Crippen molar-refractivity contribution in [1.29, 1.82) is 0 Å². The number of rotatable bonds is 1. The van der Waals surface area contributed by atoms with Crippen LogP contribution in [0.5, 0.6) is 0 Å². The Bertz CT molecular complexity index is 489. The third-order valence-electron chi connectivity index (χ3n) is 3.63. The van der Waals surface area contributed by atoms with E-state index in [1.54, 1.807) is 6.08 Å². The maximum Gasteiger partial charge on any atom is 0.158 e. The Morgan fingerprint density at radius 2 is 2.00 bits per heavy atom. The highest BCUT2D eigenvalue weighted by molar-refractivity contribution is 5.91. The highest BCUT2D eigenvalue weighted by Gasteiger charge is 2.45.